The first-order valence-corrected chi connectivity index (χ1v) is 6.00. The Bertz CT molecular complexity index is 319. The van der Waals surface area contributed by atoms with E-state index in [1.54, 1.807) is 0 Å². The summed E-state index contributed by atoms with van der Waals surface area (Å²) in [5.74, 6) is 0.404. The standard InChI is InChI=1S/C11H12INO/c12-9-6-8(7-9)11(14)13-10-4-2-1-3-5-10/h1-5,8-9H,6-7H2,(H,13,14). The maximum absolute atomic E-state index is 11.6. The van der Waals surface area contributed by atoms with E-state index < -0.39 is 0 Å². The van der Waals surface area contributed by atoms with E-state index in [1.807, 2.05) is 30.3 Å². The van der Waals surface area contributed by atoms with Crippen molar-refractivity contribution in [3.8, 4) is 0 Å². The highest BCUT2D eigenvalue weighted by atomic mass is 127. The lowest BCUT2D eigenvalue weighted by Gasteiger charge is -2.29. The summed E-state index contributed by atoms with van der Waals surface area (Å²) in [6.45, 7) is 0. The molecule has 1 aromatic carbocycles. The molecule has 1 saturated carbocycles. The summed E-state index contributed by atoms with van der Waals surface area (Å²) in [4.78, 5) is 11.6. The largest absolute Gasteiger partial charge is 0.326 e. The van der Waals surface area contributed by atoms with Crippen molar-refractivity contribution < 1.29 is 4.79 Å². The Morgan fingerprint density at radius 3 is 2.50 bits per heavy atom. The second kappa shape index (κ2) is 4.29. The summed E-state index contributed by atoms with van der Waals surface area (Å²) in [5.41, 5.74) is 0.898. The molecule has 0 aliphatic heterocycles. The van der Waals surface area contributed by atoms with Gasteiger partial charge in [0.1, 0.15) is 0 Å². The van der Waals surface area contributed by atoms with E-state index in [0.29, 0.717) is 3.92 Å². The fraction of sp³-hybridized carbons (Fsp3) is 0.364. The molecule has 0 saturated heterocycles. The molecule has 0 unspecified atom stereocenters. The summed E-state index contributed by atoms with van der Waals surface area (Å²) in [5, 5.41) is 2.92. The lowest BCUT2D eigenvalue weighted by atomic mass is 9.84. The zero-order valence-corrected chi connectivity index (χ0v) is 9.90. The van der Waals surface area contributed by atoms with Crippen LogP contribution in [0.25, 0.3) is 0 Å². The number of halogens is 1. The average Bonchev–Trinajstić information content (AvgIpc) is 2.14. The molecule has 2 nitrogen and oxygen atoms in total. The molecule has 14 heavy (non-hydrogen) atoms. The second-order valence-corrected chi connectivity index (χ2v) is 5.38. The zero-order valence-electron chi connectivity index (χ0n) is 7.74. The number of carbonyl (C=O) groups excluding carboxylic acids is 1. The molecule has 0 spiro atoms. The fourth-order valence-corrected chi connectivity index (χ4v) is 2.76. The molecule has 0 atom stereocenters. The number of anilines is 1. The van der Waals surface area contributed by atoms with Crippen LogP contribution in [-0.2, 0) is 4.79 Å². The molecule has 0 aromatic heterocycles. The van der Waals surface area contributed by atoms with Gasteiger partial charge < -0.3 is 5.32 Å². The van der Waals surface area contributed by atoms with Crippen molar-refractivity contribution in [3.05, 3.63) is 30.3 Å². The number of rotatable bonds is 2. The first-order valence-electron chi connectivity index (χ1n) is 4.75. The highest BCUT2D eigenvalue weighted by molar-refractivity contribution is 14.1. The quantitative estimate of drug-likeness (QED) is 0.660. The van der Waals surface area contributed by atoms with Gasteiger partial charge in [-0.1, -0.05) is 40.8 Å². The van der Waals surface area contributed by atoms with Crippen LogP contribution in [0.2, 0.25) is 0 Å². The van der Waals surface area contributed by atoms with Crippen molar-refractivity contribution in [3.63, 3.8) is 0 Å². The predicted octanol–water partition coefficient (Wildman–Crippen LogP) is 2.84. The Kier molecular flexibility index (Phi) is 3.05. The van der Waals surface area contributed by atoms with Crippen LogP contribution in [-0.4, -0.2) is 9.83 Å². The molecule has 0 bridgehead atoms. The third kappa shape index (κ3) is 2.26. The number of hydrogen-bond donors (Lipinski definition) is 1. The lowest BCUT2D eigenvalue weighted by molar-refractivity contribution is -0.121. The number of nitrogens with one attached hydrogen (secondary N) is 1. The Morgan fingerprint density at radius 2 is 1.93 bits per heavy atom. The molecule has 74 valence electrons. The van der Waals surface area contributed by atoms with Gasteiger partial charge in [0.15, 0.2) is 0 Å². The minimum absolute atomic E-state index is 0.170. The average molecular weight is 301 g/mol. The number of carbonyl (C=O) groups is 1. The molecular formula is C11H12INO. The van der Waals surface area contributed by atoms with Crippen LogP contribution in [0.4, 0.5) is 5.69 Å². The minimum Gasteiger partial charge on any atom is -0.326 e. The summed E-state index contributed by atoms with van der Waals surface area (Å²) in [7, 11) is 0. The van der Waals surface area contributed by atoms with Crippen molar-refractivity contribution in [2.75, 3.05) is 5.32 Å². The van der Waals surface area contributed by atoms with Crippen LogP contribution in [0.15, 0.2) is 30.3 Å². The Balaban J connectivity index is 1.89. The van der Waals surface area contributed by atoms with Crippen molar-refractivity contribution in [1.82, 2.24) is 0 Å². The molecule has 1 amide bonds. The third-order valence-electron chi connectivity index (χ3n) is 2.49. The maximum Gasteiger partial charge on any atom is 0.227 e. The van der Waals surface area contributed by atoms with Crippen LogP contribution >= 0.6 is 22.6 Å². The molecule has 3 heteroatoms. The van der Waals surface area contributed by atoms with Gasteiger partial charge in [0, 0.05) is 15.5 Å². The molecule has 0 heterocycles. The number of benzene rings is 1. The van der Waals surface area contributed by atoms with Gasteiger partial charge in [0.05, 0.1) is 0 Å². The SMILES string of the molecule is O=C(Nc1ccccc1)C1CC(I)C1. The van der Waals surface area contributed by atoms with Crippen molar-refractivity contribution in [2.24, 2.45) is 5.92 Å². The monoisotopic (exact) mass is 301 g/mol. The van der Waals surface area contributed by atoms with Crippen LogP contribution in [0.1, 0.15) is 12.8 Å². The van der Waals surface area contributed by atoms with E-state index >= 15 is 0 Å². The molecule has 1 aromatic rings. The molecule has 1 fully saturated rings. The smallest absolute Gasteiger partial charge is 0.227 e. The van der Waals surface area contributed by atoms with Gasteiger partial charge in [0.25, 0.3) is 0 Å². The number of amides is 1. The first-order chi connectivity index (χ1) is 6.75. The van der Waals surface area contributed by atoms with Gasteiger partial charge in [-0.2, -0.15) is 0 Å². The number of para-hydroxylation sites is 1. The van der Waals surface area contributed by atoms with Gasteiger partial charge in [0.2, 0.25) is 5.91 Å². The Labute approximate surface area is 97.2 Å². The highest BCUT2D eigenvalue weighted by Gasteiger charge is 2.32. The first kappa shape index (κ1) is 9.96. The van der Waals surface area contributed by atoms with Crippen molar-refractivity contribution >= 4 is 34.2 Å². The van der Waals surface area contributed by atoms with Gasteiger partial charge in [-0.05, 0) is 25.0 Å². The molecular weight excluding hydrogens is 289 g/mol. The van der Waals surface area contributed by atoms with E-state index in [0.717, 1.165) is 18.5 Å². The number of alkyl halides is 1. The summed E-state index contributed by atoms with van der Waals surface area (Å²) in [6.07, 6.45) is 2.05. The van der Waals surface area contributed by atoms with Gasteiger partial charge in [-0.25, -0.2) is 0 Å². The molecule has 0 radical (unpaired) electrons. The molecule has 1 aliphatic carbocycles. The maximum atomic E-state index is 11.6. The molecule has 1 aliphatic rings. The van der Waals surface area contributed by atoms with Crippen molar-refractivity contribution in [2.45, 2.75) is 16.8 Å². The highest BCUT2D eigenvalue weighted by Crippen LogP contribution is 2.34. The van der Waals surface area contributed by atoms with Crippen molar-refractivity contribution in [1.29, 1.82) is 0 Å². The van der Waals surface area contributed by atoms with E-state index in [9.17, 15) is 4.79 Å². The van der Waals surface area contributed by atoms with Gasteiger partial charge in [-0.3, -0.25) is 4.79 Å². The summed E-state index contributed by atoms with van der Waals surface area (Å²) >= 11 is 2.39. The number of hydrogen-bond acceptors (Lipinski definition) is 1. The summed E-state index contributed by atoms with van der Waals surface area (Å²) in [6, 6.07) is 9.63. The van der Waals surface area contributed by atoms with E-state index in [2.05, 4.69) is 27.9 Å². The van der Waals surface area contributed by atoms with Gasteiger partial charge >= 0.3 is 0 Å². The van der Waals surface area contributed by atoms with E-state index in [1.165, 1.54) is 0 Å². The Hall–Kier alpha value is -0.580. The Morgan fingerprint density at radius 1 is 1.29 bits per heavy atom. The van der Waals surface area contributed by atoms with Crippen LogP contribution in [0, 0.1) is 5.92 Å². The second-order valence-electron chi connectivity index (χ2n) is 3.62. The third-order valence-corrected chi connectivity index (χ3v) is 3.51. The predicted molar refractivity (Wildman–Crippen MR) is 65.6 cm³/mol. The van der Waals surface area contributed by atoms with Crippen LogP contribution in [0.3, 0.4) is 0 Å². The normalized spacial score (nSPS) is 25.2. The molecule has 1 N–H and O–H groups in total. The van der Waals surface area contributed by atoms with Crippen LogP contribution in [0.5, 0.6) is 0 Å². The fourth-order valence-electron chi connectivity index (χ4n) is 1.53. The zero-order chi connectivity index (χ0) is 9.97. The molecule has 2 rings (SSSR count). The summed E-state index contributed by atoms with van der Waals surface area (Å²) < 4.78 is 0.694. The lowest BCUT2D eigenvalue weighted by Crippen LogP contribution is -2.34. The van der Waals surface area contributed by atoms with Crippen LogP contribution < -0.4 is 5.32 Å². The van der Waals surface area contributed by atoms with Gasteiger partial charge in [-0.15, -0.1) is 0 Å². The minimum atomic E-state index is 0.170. The topological polar surface area (TPSA) is 29.1 Å². The van der Waals surface area contributed by atoms with E-state index in [-0.39, 0.29) is 11.8 Å². The van der Waals surface area contributed by atoms with E-state index in [4.69, 9.17) is 0 Å².